The fraction of sp³-hybridized carbons (Fsp3) is 0.150. The summed E-state index contributed by atoms with van der Waals surface area (Å²) in [4.78, 5) is 12.1. The van der Waals surface area contributed by atoms with Gasteiger partial charge in [-0.1, -0.05) is 35.0 Å². The number of hydrogen-bond acceptors (Lipinski definition) is 3. The Morgan fingerprint density at radius 2 is 1.79 bits per heavy atom. The molecule has 0 aliphatic heterocycles. The molecule has 120 valence electrons. The van der Waals surface area contributed by atoms with Crippen molar-refractivity contribution in [2.45, 2.75) is 20.3 Å². The highest BCUT2D eigenvalue weighted by Crippen LogP contribution is 2.35. The SMILES string of the molecule is CCc1c(C)c2cc3c(-c4ccc(Br)cc4)coc3cc2oc1=O. The zero-order chi connectivity index (χ0) is 16.8. The summed E-state index contributed by atoms with van der Waals surface area (Å²) >= 11 is 3.46. The summed E-state index contributed by atoms with van der Waals surface area (Å²) in [5.41, 5.74) is 4.85. The van der Waals surface area contributed by atoms with Gasteiger partial charge in [0.15, 0.2) is 0 Å². The van der Waals surface area contributed by atoms with Crippen LogP contribution >= 0.6 is 15.9 Å². The highest BCUT2D eigenvalue weighted by molar-refractivity contribution is 9.10. The van der Waals surface area contributed by atoms with E-state index in [0.29, 0.717) is 17.6 Å². The Morgan fingerprint density at radius 1 is 1.04 bits per heavy atom. The van der Waals surface area contributed by atoms with Gasteiger partial charge >= 0.3 is 5.63 Å². The number of fused-ring (bicyclic) bond motifs is 2. The second-order valence-corrected chi connectivity index (χ2v) is 6.76. The quantitative estimate of drug-likeness (QED) is 0.409. The van der Waals surface area contributed by atoms with Gasteiger partial charge in [0.05, 0.1) is 6.26 Å². The van der Waals surface area contributed by atoms with Crippen molar-refractivity contribution < 1.29 is 8.83 Å². The molecule has 2 aromatic carbocycles. The second kappa shape index (κ2) is 5.64. The van der Waals surface area contributed by atoms with Gasteiger partial charge in [0.2, 0.25) is 0 Å². The van der Waals surface area contributed by atoms with Gasteiger partial charge in [-0.2, -0.15) is 0 Å². The lowest BCUT2D eigenvalue weighted by Crippen LogP contribution is -2.08. The Kier molecular flexibility index (Phi) is 3.57. The summed E-state index contributed by atoms with van der Waals surface area (Å²) in [6, 6.07) is 12.0. The lowest BCUT2D eigenvalue weighted by atomic mass is 10.00. The van der Waals surface area contributed by atoms with Crippen LogP contribution in [0.3, 0.4) is 0 Å². The van der Waals surface area contributed by atoms with Gasteiger partial charge in [-0.15, -0.1) is 0 Å². The van der Waals surface area contributed by atoms with Crippen molar-refractivity contribution >= 4 is 37.9 Å². The summed E-state index contributed by atoms with van der Waals surface area (Å²) in [5.74, 6) is 0. The predicted molar refractivity (Wildman–Crippen MR) is 99.5 cm³/mol. The Morgan fingerprint density at radius 3 is 2.50 bits per heavy atom. The third-order valence-electron chi connectivity index (χ3n) is 4.49. The van der Waals surface area contributed by atoms with E-state index in [9.17, 15) is 4.79 Å². The van der Waals surface area contributed by atoms with Gasteiger partial charge < -0.3 is 8.83 Å². The van der Waals surface area contributed by atoms with Crippen LogP contribution in [0.25, 0.3) is 33.1 Å². The Bertz CT molecular complexity index is 1120. The van der Waals surface area contributed by atoms with Crippen LogP contribution in [0.15, 0.2) is 60.8 Å². The lowest BCUT2D eigenvalue weighted by molar-refractivity contribution is 0.548. The maximum absolute atomic E-state index is 12.1. The number of benzene rings is 2. The first kappa shape index (κ1) is 15.2. The molecule has 0 spiro atoms. The van der Waals surface area contributed by atoms with Crippen LogP contribution in [-0.2, 0) is 6.42 Å². The molecule has 0 saturated heterocycles. The first-order valence-corrected chi connectivity index (χ1v) is 8.61. The standard InChI is InChI=1S/C20H15BrO3/c1-3-14-11(2)15-8-16-17(12-4-6-13(21)7-5-12)10-23-18(16)9-19(15)24-20(14)22/h4-10H,3H2,1-2H3. The summed E-state index contributed by atoms with van der Waals surface area (Å²) in [6.07, 6.45) is 2.41. The average molecular weight is 383 g/mol. The first-order valence-electron chi connectivity index (χ1n) is 7.82. The molecule has 0 unspecified atom stereocenters. The minimum absolute atomic E-state index is 0.262. The van der Waals surface area contributed by atoms with Crippen molar-refractivity contribution in [1.82, 2.24) is 0 Å². The average Bonchev–Trinajstić information content (AvgIpc) is 2.97. The van der Waals surface area contributed by atoms with Crippen LogP contribution in [0, 0.1) is 6.92 Å². The van der Waals surface area contributed by atoms with Crippen LogP contribution in [-0.4, -0.2) is 0 Å². The largest absolute Gasteiger partial charge is 0.464 e. The van der Waals surface area contributed by atoms with E-state index in [1.807, 2.05) is 38.1 Å². The van der Waals surface area contributed by atoms with Crippen molar-refractivity contribution in [3.05, 3.63) is 68.7 Å². The van der Waals surface area contributed by atoms with Crippen LogP contribution in [0.4, 0.5) is 0 Å². The van der Waals surface area contributed by atoms with Crippen molar-refractivity contribution in [3.8, 4) is 11.1 Å². The fourth-order valence-electron chi connectivity index (χ4n) is 3.17. The molecule has 0 amide bonds. The Balaban J connectivity index is 2.04. The highest BCUT2D eigenvalue weighted by Gasteiger charge is 2.14. The van der Waals surface area contributed by atoms with Crippen molar-refractivity contribution in [1.29, 1.82) is 0 Å². The molecule has 0 aliphatic rings. The molecule has 0 atom stereocenters. The van der Waals surface area contributed by atoms with Gasteiger partial charge in [0.1, 0.15) is 11.2 Å². The number of halogens is 1. The van der Waals surface area contributed by atoms with E-state index < -0.39 is 0 Å². The van der Waals surface area contributed by atoms with Crippen molar-refractivity contribution in [2.75, 3.05) is 0 Å². The molecule has 4 heteroatoms. The van der Waals surface area contributed by atoms with E-state index in [2.05, 4.69) is 22.0 Å². The van der Waals surface area contributed by atoms with Crippen molar-refractivity contribution in [2.24, 2.45) is 0 Å². The Labute approximate surface area is 147 Å². The van der Waals surface area contributed by atoms with E-state index in [0.717, 1.165) is 37.5 Å². The molecule has 24 heavy (non-hydrogen) atoms. The summed E-state index contributed by atoms with van der Waals surface area (Å²) in [5, 5.41) is 1.97. The zero-order valence-electron chi connectivity index (χ0n) is 13.4. The van der Waals surface area contributed by atoms with E-state index in [1.165, 1.54) is 0 Å². The normalized spacial score (nSPS) is 11.5. The molecule has 4 aromatic rings. The van der Waals surface area contributed by atoms with Crippen LogP contribution in [0.5, 0.6) is 0 Å². The number of aryl methyl sites for hydroxylation is 1. The van der Waals surface area contributed by atoms with Gasteiger partial charge in [0, 0.05) is 32.4 Å². The predicted octanol–water partition coefficient (Wildman–Crippen LogP) is 5.84. The minimum atomic E-state index is -0.262. The topological polar surface area (TPSA) is 43.4 Å². The molecule has 0 bridgehead atoms. The third kappa shape index (κ3) is 2.29. The van der Waals surface area contributed by atoms with Gasteiger partial charge in [0.25, 0.3) is 0 Å². The maximum atomic E-state index is 12.1. The lowest BCUT2D eigenvalue weighted by Gasteiger charge is -2.06. The van der Waals surface area contributed by atoms with Crippen molar-refractivity contribution in [3.63, 3.8) is 0 Å². The zero-order valence-corrected chi connectivity index (χ0v) is 14.9. The van der Waals surface area contributed by atoms with E-state index >= 15 is 0 Å². The molecule has 0 aliphatic carbocycles. The summed E-state index contributed by atoms with van der Waals surface area (Å²) < 4.78 is 12.2. The van der Waals surface area contributed by atoms with Crippen LogP contribution in [0.2, 0.25) is 0 Å². The molecule has 4 rings (SSSR count). The molecular weight excluding hydrogens is 368 g/mol. The highest BCUT2D eigenvalue weighted by atomic mass is 79.9. The van der Waals surface area contributed by atoms with Crippen LogP contribution in [0.1, 0.15) is 18.1 Å². The van der Waals surface area contributed by atoms with E-state index in [-0.39, 0.29) is 5.63 Å². The molecular formula is C20H15BrO3. The molecule has 0 fully saturated rings. The first-order chi connectivity index (χ1) is 11.6. The Hall–Kier alpha value is -2.33. The fourth-order valence-corrected chi connectivity index (χ4v) is 3.44. The second-order valence-electron chi connectivity index (χ2n) is 5.85. The molecule has 2 heterocycles. The molecule has 3 nitrogen and oxygen atoms in total. The van der Waals surface area contributed by atoms with Crippen LogP contribution < -0.4 is 5.63 Å². The smallest absolute Gasteiger partial charge is 0.339 e. The molecule has 2 aromatic heterocycles. The number of hydrogen-bond donors (Lipinski definition) is 0. The third-order valence-corrected chi connectivity index (χ3v) is 5.02. The van der Waals surface area contributed by atoms with Gasteiger partial charge in [-0.05, 0) is 42.7 Å². The number of rotatable bonds is 2. The summed E-state index contributed by atoms with van der Waals surface area (Å²) in [7, 11) is 0. The molecule has 0 N–H and O–H groups in total. The van der Waals surface area contributed by atoms with E-state index in [1.54, 1.807) is 12.3 Å². The van der Waals surface area contributed by atoms with Gasteiger partial charge in [-0.25, -0.2) is 4.79 Å². The summed E-state index contributed by atoms with van der Waals surface area (Å²) in [6.45, 7) is 3.94. The molecule has 0 saturated carbocycles. The monoisotopic (exact) mass is 382 g/mol. The number of furan rings is 1. The van der Waals surface area contributed by atoms with E-state index in [4.69, 9.17) is 8.83 Å². The maximum Gasteiger partial charge on any atom is 0.339 e. The minimum Gasteiger partial charge on any atom is -0.464 e. The van der Waals surface area contributed by atoms with Gasteiger partial charge in [-0.3, -0.25) is 0 Å². The molecule has 0 radical (unpaired) electrons.